The second kappa shape index (κ2) is 38.0. The van der Waals surface area contributed by atoms with E-state index in [4.69, 9.17) is 0 Å². The predicted molar refractivity (Wildman–Crippen MR) is 310 cm³/mol. The third-order valence-electron chi connectivity index (χ3n) is 18.2. The van der Waals surface area contributed by atoms with Gasteiger partial charge in [0.15, 0.2) is 0 Å². The molecule has 0 aromatic heterocycles. The average Bonchev–Trinajstić information content (AvgIpc) is 3.91. The topological polar surface area (TPSA) is 156 Å². The van der Waals surface area contributed by atoms with E-state index < -0.39 is 42.8 Å². The fourth-order valence-corrected chi connectivity index (χ4v) is 16.2. The Kier molecular flexibility index (Phi) is 39.4. The van der Waals surface area contributed by atoms with Crippen LogP contribution in [0.5, 0.6) is 0 Å². The average molecular weight is 1580 g/mol. The van der Waals surface area contributed by atoms with Crippen molar-refractivity contribution in [1.82, 2.24) is 0 Å². The van der Waals surface area contributed by atoms with Crippen LogP contribution in [0.15, 0.2) is 142 Å². The molecule has 0 heterocycles. The van der Waals surface area contributed by atoms with Crippen LogP contribution < -0.4 is 10.6 Å². The van der Waals surface area contributed by atoms with Crippen molar-refractivity contribution in [2.45, 2.75) is 219 Å². The van der Waals surface area contributed by atoms with Gasteiger partial charge in [0, 0.05) is 225 Å². The number of allylic oxidation sites excluding steroid dienone is 8. The van der Waals surface area contributed by atoms with Crippen molar-refractivity contribution in [3.05, 3.63) is 142 Å². The van der Waals surface area contributed by atoms with Gasteiger partial charge >= 0.3 is 0 Å². The monoisotopic (exact) mass is 1580 g/mol. The number of ketones is 1. The smallest absolute Gasteiger partial charge is 0.146 e. The summed E-state index contributed by atoms with van der Waals surface area (Å²) in [6, 6.07) is 19.0. The Morgan fingerprint density at radius 2 is 0.975 bits per heavy atom. The number of rotatable bonds is 13. The van der Waals surface area contributed by atoms with Crippen LogP contribution in [0.1, 0.15) is 184 Å². The Morgan fingerprint density at radius 1 is 0.593 bits per heavy atom. The molecular weight excluding hydrogens is 1490 g/mol. The van der Waals surface area contributed by atoms with Gasteiger partial charge < -0.3 is 35.2 Å². The van der Waals surface area contributed by atoms with Gasteiger partial charge in [-0.2, -0.15) is 0 Å². The SMILES string of the molecule is C/C(CCCC(C)(C)O)=C1\CC[C@H]2C(=O)CCC[C@]12C.C=C1[C@H](O)CC(=C/C=C2\CCC[C@]3(C)/C(=C(/C)CCCC(C)(C)O)CC[C@@H]23)C[C@H]1O.C=C1[C@H](O)CC(=CCP(=O)(c2ccccc2)c2ccccc2)C[C@H]1O.[Y].[Y].[Y].[Y].[Y].[Y]. The van der Waals surface area contributed by atoms with Gasteiger partial charge in [0.1, 0.15) is 12.9 Å². The van der Waals surface area contributed by atoms with Gasteiger partial charge in [-0.05, 0) is 191 Å². The van der Waals surface area contributed by atoms with E-state index in [2.05, 4.69) is 53.0 Å². The van der Waals surface area contributed by atoms with Gasteiger partial charge in [-0.3, -0.25) is 4.79 Å². The van der Waals surface area contributed by atoms with E-state index in [1.165, 1.54) is 37.7 Å². The largest absolute Gasteiger partial charge is 0.390 e. The third kappa shape index (κ3) is 23.5. The number of hydrogen-bond donors (Lipinski definition) is 6. The van der Waals surface area contributed by atoms with Crippen molar-refractivity contribution in [3.63, 3.8) is 0 Å². The molecule has 6 radical (unpaired) electrons. The molecule has 8 atom stereocenters. The Balaban J connectivity index is 0.00000116. The van der Waals surface area contributed by atoms with Gasteiger partial charge in [0.05, 0.1) is 35.6 Å². The van der Waals surface area contributed by atoms with Crippen molar-refractivity contribution in [3.8, 4) is 0 Å². The van der Waals surface area contributed by atoms with E-state index >= 15 is 0 Å². The van der Waals surface area contributed by atoms with Crippen molar-refractivity contribution < 1.29 is 236 Å². The molecule has 15 heteroatoms. The van der Waals surface area contributed by atoms with Crippen molar-refractivity contribution in [2.75, 3.05) is 6.16 Å². The molecule has 8 nitrogen and oxygen atoms in total. The Labute approximate surface area is 640 Å². The summed E-state index contributed by atoms with van der Waals surface area (Å²) in [5.74, 6) is 1.39. The number of aliphatic hydroxyl groups is 6. The zero-order chi connectivity index (χ0) is 54.9. The Bertz CT molecular complexity index is 2470. The van der Waals surface area contributed by atoms with Crippen LogP contribution in [-0.4, -0.2) is 78.2 Å². The number of fused-ring (bicyclic) bond motifs is 2. The second-order valence-corrected chi connectivity index (χ2v) is 28.0. The summed E-state index contributed by atoms with van der Waals surface area (Å²) in [5, 5.41) is 61.7. The molecule has 6 fully saturated rings. The number of carbonyl (C=O) groups is 1. The van der Waals surface area contributed by atoms with Gasteiger partial charge in [0.2, 0.25) is 0 Å². The van der Waals surface area contributed by atoms with Crippen molar-refractivity contribution >= 4 is 23.5 Å². The van der Waals surface area contributed by atoms with Crippen LogP contribution in [0.25, 0.3) is 0 Å². The van der Waals surface area contributed by atoms with Crippen LogP contribution >= 0.6 is 7.14 Å². The van der Waals surface area contributed by atoms with Gasteiger partial charge in [0.25, 0.3) is 0 Å². The summed E-state index contributed by atoms with van der Waals surface area (Å²) in [7, 11) is -2.81. The summed E-state index contributed by atoms with van der Waals surface area (Å²) in [4.78, 5) is 12.1. The molecule has 6 aliphatic carbocycles. The number of carbonyl (C=O) groups excluding carboxylic acids is 1. The van der Waals surface area contributed by atoms with E-state index in [9.17, 15) is 40.0 Å². The van der Waals surface area contributed by atoms with Crippen molar-refractivity contribution in [2.24, 2.45) is 22.7 Å². The second-order valence-electron chi connectivity index (χ2n) is 25.1. The Morgan fingerprint density at radius 3 is 1.40 bits per heavy atom. The number of Topliss-reactive ketones (excluding diaryl/α,β-unsaturated/α-hetero) is 1. The zero-order valence-corrected chi connectivity index (χ0v) is 68.6. The number of hydrogen-bond acceptors (Lipinski definition) is 8. The van der Waals surface area contributed by atoms with Crippen LogP contribution in [0.3, 0.4) is 0 Å². The standard InChI is InChI=1S/C27H42O3.C21H23O3P.C18H30O2.6Y/c1-18(8-6-14-26(3,4)30)22-12-13-23-21(9-7-15-27(22,23)5)11-10-20-16-24(28)19(2)25(29)17-20;1-16-20(22)14-17(15-21(16)23)12-13-25(24,18-8-4-2-5-9-18)19-10-6-3-7-11-19;1-13(7-5-11-17(2,3)20)14-9-10-15-16(19)8-6-12-18(14,15)4;;;;;;/h10-11,23-25,28-30H,2,6-9,12-17H2,1,3-5H3;2-12,20-23H,1,13-15H2;15,20H,5-12H2,1-4H3;;;;;;/b21-11+,22-18-;;14-13-;;;;;;/t23-,24+,25+,27+;20-,21-;15-,18+;;;;;;/m010....../s1. The van der Waals surface area contributed by atoms with E-state index in [1.807, 2.05) is 94.4 Å². The zero-order valence-electron chi connectivity index (χ0n) is 50.6. The summed E-state index contributed by atoms with van der Waals surface area (Å²) >= 11 is 0. The van der Waals surface area contributed by atoms with Crippen LogP contribution in [0.4, 0.5) is 0 Å². The maximum Gasteiger partial charge on any atom is 0.146 e. The van der Waals surface area contributed by atoms with E-state index in [-0.39, 0.29) is 213 Å². The molecule has 81 heavy (non-hydrogen) atoms. The van der Waals surface area contributed by atoms with Crippen LogP contribution in [0.2, 0.25) is 0 Å². The molecule has 2 aromatic rings. The summed E-state index contributed by atoms with van der Waals surface area (Å²) in [5.41, 5.74) is 10.1. The van der Waals surface area contributed by atoms with E-state index in [0.717, 1.165) is 92.4 Å². The van der Waals surface area contributed by atoms with E-state index in [0.29, 0.717) is 54.7 Å². The number of aliphatic hydroxyl groups excluding tert-OH is 4. The van der Waals surface area contributed by atoms with Crippen LogP contribution in [-0.2, 0) is 206 Å². The Hall–Kier alpha value is 2.90. The fourth-order valence-electron chi connectivity index (χ4n) is 13.7. The summed E-state index contributed by atoms with van der Waals surface area (Å²) in [6.45, 7) is 24.4. The minimum absolute atomic E-state index is 0. The first-order valence-corrected chi connectivity index (χ1v) is 30.4. The minimum atomic E-state index is -2.81. The molecule has 430 valence electrons. The first-order chi connectivity index (χ1) is 35.3. The molecule has 0 amide bonds. The normalized spacial score (nSPS) is 27.9. The third-order valence-corrected chi connectivity index (χ3v) is 21.1. The molecule has 8 rings (SSSR count). The molecular formula is C66H95O8PY6. The summed E-state index contributed by atoms with van der Waals surface area (Å²) in [6.07, 6.45) is 23.3. The molecule has 0 aliphatic heterocycles. The van der Waals surface area contributed by atoms with E-state index in [1.54, 1.807) is 22.3 Å². The first-order valence-electron chi connectivity index (χ1n) is 28.5. The molecule has 6 saturated carbocycles. The maximum absolute atomic E-state index is 13.9. The molecule has 2 aromatic carbocycles. The van der Waals surface area contributed by atoms with Crippen LogP contribution in [0, 0.1) is 22.7 Å². The number of benzene rings is 2. The summed E-state index contributed by atoms with van der Waals surface area (Å²) < 4.78 is 13.9. The van der Waals surface area contributed by atoms with Gasteiger partial charge in [-0.15, -0.1) is 0 Å². The predicted octanol–water partition coefficient (Wildman–Crippen LogP) is 13.2. The molecule has 6 N–H and O–H groups in total. The maximum atomic E-state index is 13.9. The van der Waals surface area contributed by atoms with Gasteiger partial charge in [-0.25, -0.2) is 0 Å². The molecule has 0 saturated heterocycles. The van der Waals surface area contributed by atoms with Gasteiger partial charge in [-0.1, -0.05) is 145 Å². The van der Waals surface area contributed by atoms with Crippen molar-refractivity contribution in [1.29, 1.82) is 0 Å². The fraction of sp³-hybridized carbons (Fsp3) is 0.591. The molecule has 0 bridgehead atoms. The molecule has 0 spiro atoms. The molecule has 0 unspecified atom stereocenters. The molecule has 6 aliphatic rings. The minimum Gasteiger partial charge on any atom is -0.390 e. The quantitative estimate of drug-likeness (QED) is 0.0856. The first kappa shape index (κ1) is 83.9.